The molecule has 0 aromatic carbocycles. The zero-order valence-electron chi connectivity index (χ0n) is 8.31. The third-order valence-electron chi connectivity index (χ3n) is 2.43. The quantitative estimate of drug-likeness (QED) is 0.607. The van der Waals surface area contributed by atoms with E-state index in [4.69, 9.17) is 5.73 Å². The molecule has 0 spiro atoms. The predicted octanol–water partition coefficient (Wildman–Crippen LogP) is 1.66. The zero-order valence-corrected chi connectivity index (χ0v) is 9.13. The molecule has 0 unspecified atom stereocenters. The Morgan fingerprint density at radius 3 is 3.07 bits per heavy atom. The summed E-state index contributed by atoms with van der Waals surface area (Å²) >= 11 is 1.72. The molecule has 0 bridgehead atoms. The van der Waals surface area contributed by atoms with E-state index in [0.717, 1.165) is 0 Å². The number of hydrogen-bond donors (Lipinski definition) is 1. The molecule has 1 saturated carbocycles. The average Bonchev–Trinajstić information content (AvgIpc) is 2.91. The Morgan fingerprint density at radius 2 is 2.50 bits per heavy atom. The van der Waals surface area contributed by atoms with E-state index in [1.165, 1.54) is 17.7 Å². The van der Waals surface area contributed by atoms with Crippen molar-refractivity contribution >= 4 is 17.3 Å². The molecular weight excluding hydrogens is 194 g/mol. The Kier molecular flexibility index (Phi) is 2.72. The zero-order chi connectivity index (χ0) is 9.97. The molecule has 1 aromatic heterocycles. The van der Waals surface area contributed by atoms with Gasteiger partial charge in [-0.3, -0.25) is 0 Å². The Morgan fingerprint density at radius 1 is 1.71 bits per heavy atom. The van der Waals surface area contributed by atoms with E-state index in [1.54, 1.807) is 11.3 Å². The predicted molar refractivity (Wildman–Crippen MR) is 60.4 cm³/mol. The molecule has 0 aliphatic heterocycles. The van der Waals surface area contributed by atoms with Crippen LogP contribution in [-0.2, 0) is 6.54 Å². The minimum absolute atomic E-state index is 0.641. The molecule has 0 radical (unpaired) electrons. The first-order chi connectivity index (χ1) is 6.77. The second kappa shape index (κ2) is 4.00. The normalized spacial score (nSPS) is 17.1. The third-order valence-corrected chi connectivity index (χ3v) is 3.29. The number of rotatable bonds is 3. The van der Waals surface area contributed by atoms with Gasteiger partial charge >= 0.3 is 0 Å². The van der Waals surface area contributed by atoms with Crippen molar-refractivity contribution in [3.05, 3.63) is 22.4 Å². The maximum Gasteiger partial charge on any atom is 0.191 e. The highest BCUT2D eigenvalue weighted by Crippen LogP contribution is 2.25. The van der Waals surface area contributed by atoms with Crippen molar-refractivity contribution in [2.24, 2.45) is 10.7 Å². The topological polar surface area (TPSA) is 41.6 Å². The first-order valence-corrected chi connectivity index (χ1v) is 5.70. The lowest BCUT2D eigenvalue weighted by molar-refractivity contribution is 0.487. The number of nitrogens with zero attached hydrogens (tertiary/aromatic N) is 2. The lowest BCUT2D eigenvalue weighted by atomic mass is 10.5. The van der Waals surface area contributed by atoms with Gasteiger partial charge in [-0.1, -0.05) is 6.07 Å². The maximum atomic E-state index is 5.86. The van der Waals surface area contributed by atoms with E-state index < -0.39 is 0 Å². The van der Waals surface area contributed by atoms with Gasteiger partial charge in [0.1, 0.15) is 0 Å². The molecule has 3 nitrogen and oxygen atoms in total. The van der Waals surface area contributed by atoms with Gasteiger partial charge in [0.15, 0.2) is 5.96 Å². The molecule has 1 fully saturated rings. The molecule has 14 heavy (non-hydrogen) atoms. The second-order valence-electron chi connectivity index (χ2n) is 3.60. The molecule has 1 aliphatic rings. The van der Waals surface area contributed by atoms with Gasteiger partial charge in [0.25, 0.3) is 0 Å². The van der Waals surface area contributed by atoms with Crippen molar-refractivity contribution in [1.82, 2.24) is 4.90 Å². The number of guanidine groups is 1. The second-order valence-corrected chi connectivity index (χ2v) is 4.63. The van der Waals surface area contributed by atoms with Crippen LogP contribution in [0.3, 0.4) is 0 Å². The Bertz CT molecular complexity index is 314. The van der Waals surface area contributed by atoms with Crippen LogP contribution in [0.1, 0.15) is 17.7 Å². The first kappa shape index (κ1) is 9.52. The summed E-state index contributed by atoms with van der Waals surface area (Å²) in [7, 11) is 2.02. The van der Waals surface area contributed by atoms with Crippen LogP contribution in [0.15, 0.2) is 22.5 Å². The molecule has 76 valence electrons. The highest BCUT2D eigenvalue weighted by Gasteiger charge is 2.27. The minimum atomic E-state index is 0.641. The average molecular weight is 209 g/mol. The highest BCUT2D eigenvalue weighted by atomic mass is 32.1. The van der Waals surface area contributed by atoms with Crippen LogP contribution in [-0.4, -0.2) is 23.9 Å². The van der Waals surface area contributed by atoms with Gasteiger partial charge in [0.2, 0.25) is 0 Å². The fraction of sp³-hybridized carbons (Fsp3) is 0.500. The molecule has 1 heterocycles. The molecule has 0 atom stereocenters. The molecule has 2 rings (SSSR count). The SMILES string of the molecule is CN(C(N)=NCc1cccs1)C1CC1. The van der Waals surface area contributed by atoms with Gasteiger partial charge in [0, 0.05) is 18.0 Å². The van der Waals surface area contributed by atoms with Crippen LogP contribution >= 0.6 is 11.3 Å². The van der Waals surface area contributed by atoms with Crippen molar-refractivity contribution in [2.75, 3.05) is 7.05 Å². The summed E-state index contributed by atoms with van der Waals surface area (Å²) in [5.41, 5.74) is 5.86. The fourth-order valence-corrected chi connectivity index (χ4v) is 1.95. The standard InChI is InChI=1S/C10H15N3S/c1-13(8-4-5-8)10(11)12-7-9-3-2-6-14-9/h2-3,6,8H,4-5,7H2,1H3,(H2,11,12). The van der Waals surface area contributed by atoms with E-state index in [9.17, 15) is 0 Å². The molecular formula is C10H15N3S. The number of nitrogens with two attached hydrogens (primary N) is 1. The fourth-order valence-electron chi connectivity index (χ4n) is 1.32. The van der Waals surface area contributed by atoms with Crippen molar-refractivity contribution in [3.63, 3.8) is 0 Å². The van der Waals surface area contributed by atoms with Gasteiger partial charge < -0.3 is 10.6 Å². The van der Waals surface area contributed by atoms with Gasteiger partial charge in [-0.2, -0.15) is 0 Å². The van der Waals surface area contributed by atoms with E-state index in [0.29, 0.717) is 18.5 Å². The highest BCUT2D eigenvalue weighted by molar-refractivity contribution is 7.09. The lowest BCUT2D eigenvalue weighted by Crippen LogP contribution is -2.35. The maximum absolute atomic E-state index is 5.86. The summed E-state index contributed by atoms with van der Waals surface area (Å²) in [5, 5.41) is 2.06. The molecule has 1 aliphatic carbocycles. The minimum Gasteiger partial charge on any atom is -0.370 e. The largest absolute Gasteiger partial charge is 0.370 e. The van der Waals surface area contributed by atoms with Gasteiger partial charge in [-0.15, -0.1) is 11.3 Å². The Balaban J connectivity index is 1.90. The van der Waals surface area contributed by atoms with Crippen molar-refractivity contribution < 1.29 is 0 Å². The van der Waals surface area contributed by atoms with Crippen LogP contribution in [0.5, 0.6) is 0 Å². The lowest BCUT2D eigenvalue weighted by Gasteiger charge is -2.16. The first-order valence-electron chi connectivity index (χ1n) is 4.82. The summed E-state index contributed by atoms with van der Waals surface area (Å²) in [4.78, 5) is 7.70. The molecule has 2 N–H and O–H groups in total. The Labute approximate surface area is 88.3 Å². The summed E-state index contributed by atoms with van der Waals surface area (Å²) in [6.45, 7) is 0.709. The van der Waals surface area contributed by atoms with Gasteiger partial charge in [-0.25, -0.2) is 4.99 Å². The third kappa shape index (κ3) is 2.26. The van der Waals surface area contributed by atoms with Crippen LogP contribution in [0, 0.1) is 0 Å². The van der Waals surface area contributed by atoms with Crippen LogP contribution in [0.2, 0.25) is 0 Å². The van der Waals surface area contributed by atoms with Gasteiger partial charge in [0.05, 0.1) is 6.54 Å². The van der Waals surface area contributed by atoms with E-state index >= 15 is 0 Å². The van der Waals surface area contributed by atoms with Crippen LogP contribution < -0.4 is 5.73 Å². The van der Waals surface area contributed by atoms with E-state index in [-0.39, 0.29) is 0 Å². The smallest absolute Gasteiger partial charge is 0.191 e. The Hall–Kier alpha value is -1.03. The van der Waals surface area contributed by atoms with Gasteiger partial charge in [-0.05, 0) is 24.3 Å². The van der Waals surface area contributed by atoms with Crippen molar-refractivity contribution in [2.45, 2.75) is 25.4 Å². The number of hydrogen-bond acceptors (Lipinski definition) is 2. The van der Waals surface area contributed by atoms with Crippen molar-refractivity contribution in [3.8, 4) is 0 Å². The summed E-state index contributed by atoms with van der Waals surface area (Å²) < 4.78 is 0. The van der Waals surface area contributed by atoms with Crippen LogP contribution in [0.4, 0.5) is 0 Å². The van der Waals surface area contributed by atoms with Crippen LogP contribution in [0.25, 0.3) is 0 Å². The molecule has 4 heteroatoms. The molecule has 0 amide bonds. The summed E-state index contributed by atoms with van der Waals surface area (Å²) in [6.07, 6.45) is 2.51. The number of thiophene rings is 1. The summed E-state index contributed by atoms with van der Waals surface area (Å²) in [5.74, 6) is 0.668. The van der Waals surface area contributed by atoms with Crippen molar-refractivity contribution in [1.29, 1.82) is 0 Å². The monoisotopic (exact) mass is 209 g/mol. The molecule has 1 aromatic rings. The summed E-state index contributed by atoms with van der Waals surface area (Å²) in [6, 6.07) is 4.76. The number of aliphatic imine (C=N–C) groups is 1. The van der Waals surface area contributed by atoms with E-state index in [1.807, 2.05) is 13.1 Å². The molecule has 0 saturated heterocycles. The van der Waals surface area contributed by atoms with E-state index in [2.05, 4.69) is 21.3 Å².